The summed E-state index contributed by atoms with van der Waals surface area (Å²) in [5, 5.41) is 6.21. The maximum absolute atomic E-state index is 12.8. The first-order chi connectivity index (χ1) is 5.45. The van der Waals surface area contributed by atoms with Gasteiger partial charge in [-0.15, -0.1) is 0 Å². The van der Waals surface area contributed by atoms with Crippen molar-refractivity contribution in [3.63, 3.8) is 0 Å². The molecule has 0 aromatic carbocycles. The second kappa shape index (κ2) is 4.56. The Morgan fingerprint density at radius 3 is 2.42 bits per heavy atom. The lowest BCUT2D eigenvalue weighted by molar-refractivity contribution is -0.276. The van der Waals surface area contributed by atoms with Crippen LogP contribution >= 0.6 is 11.8 Å². The second-order valence-corrected chi connectivity index (χ2v) is 3.03. The van der Waals surface area contributed by atoms with Crippen LogP contribution in [0.25, 0.3) is 0 Å². The predicted molar refractivity (Wildman–Crippen MR) is 38.5 cm³/mol. The highest BCUT2D eigenvalue weighted by molar-refractivity contribution is 7.98. The van der Waals surface area contributed by atoms with Gasteiger partial charge in [0, 0.05) is 6.42 Å². The first-order valence-electron chi connectivity index (χ1n) is 2.98. The fraction of sp³-hybridized carbons (Fsp3) is 0.800. The molecule has 1 atom stereocenters. The topological polar surface area (TPSA) is 40.5 Å². The van der Waals surface area contributed by atoms with Gasteiger partial charge in [0.05, 0.1) is 5.34 Å². The molecule has 12 heavy (non-hydrogen) atoms. The minimum atomic E-state index is -3.55. The van der Waals surface area contributed by atoms with Crippen LogP contribution in [0, 0.1) is 0 Å². The summed E-state index contributed by atoms with van der Waals surface area (Å²) in [4.78, 5) is 10.1. The molecule has 0 aliphatic rings. The number of aliphatic carboxylic acids is 1. The zero-order valence-electron chi connectivity index (χ0n) is 6.26. The Morgan fingerprint density at radius 1 is 1.67 bits per heavy atom. The number of rotatable bonds is 5. The van der Waals surface area contributed by atoms with Gasteiger partial charge in [-0.3, -0.25) is 0 Å². The number of carboxylic acid groups (broad SMARTS) is 1. The minimum Gasteiger partial charge on any atom is -0.478 e. The van der Waals surface area contributed by atoms with Crippen LogP contribution in [-0.4, -0.2) is 34.2 Å². The number of hydrogen-bond acceptors (Lipinski definition) is 3. The van der Waals surface area contributed by atoms with E-state index in [1.54, 1.807) is 6.26 Å². The fourth-order valence-corrected chi connectivity index (χ4v) is 0.976. The first-order valence-corrected chi connectivity index (χ1v) is 4.37. The standard InChI is InChI=1S/C5H8F3NO2S/c1-12-3-2-5(6,4(10)11)9(7)8/h2-3H2,1H3,(H,10,11)/t5-/m0/s1. The molecular formula is C5H8F3NO2S. The van der Waals surface area contributed by atoms with Crippen LogP contribution in [-0.2, 0) is 4.79 Å². The maximum Gasteiger partial charge on any atom is 0.362 e. The van der Waals surface area contributed by atoms with E-state index in [0.717, 1.165) is 11.8 Å². The van der Waals surface area contributed by atoms with Gasteiger partial charge in [-0.1, -0.05) is 8.96 Å². The Balaban J connectivity index is 4.29. The van der Waals surface area contributed by atoms with E-state index in [0.29, 0.717) is 0 Å². The van der Waals surface area contributed by atoms with Crippen molar-refractivity contribution in [2.24, 2.45) is 0 Å². The smallest absolute Gasteiger partial charge is 0.362 e. The molecule has 0 saturated heterocycles. The number of carbonyl (C=O) groups is 1. The molecule has 0 spiro atoms. The summed E-state index contributed by atoms with van der Waals surface area (Å²) in [5.74, 6) is -5.70. The lowest BCUT2D eigenvalue weighted by atomic mass is 10.2. The molecule has 0 heterocycles. The van der Waals surface area contributed by atoms with E-state index in [4.69, 9.17) is 5.11 Å². The Kier molecular flexibility index (Phi) is 4.40. The van der Waals surface area contributed by atoms with Gasteiger partial charge < -0.3 is 5.11 Å². The van der Waals surface area contributed by atoms with E-state index in [-0.39, 0.29) is 5.75 Å². The minimum absolute atomic E-state index is 0.0210. The van der Waals surface area contributed by atoms with Gasteiger partial charge in [0.25, 0.3) is 0 Å². The van der Waals surface area contributed by atoms with Gasteiger partial charge in [-0.05, 0) is 12.0 Å². The van der Waals surface area contributed by atoms with Gasteiger partial charge in [-0.25, -0.2) is 9.18 Å². The maximum atomic E-state index is 12.8. The molecule has 0 aliphatic carbocycles. The van der Waals surface area contributed by atoms with Gasteiger partial charge in [0.15, 0.2) is 0 Å². The fourth-order valence-electron chi connectivity index (χ4n) is 0.501. The predicted octanol–water partition coefficient (Wildman–Crippen LogP) is 1.56. The summed E-state index contributed by atoms with van der Waals surface area (Å²) in [6, 6.07) is 0. The number of nitrogens with zero attached hydrogens (tertiary/aromatic N) is 1. The van der Waals surface area contributed by atoms with Crippen molar-refractivity contribution in [3.8, 4) is 0 Å². The molecule has 72 valence electrons. The average molecular weight is 203 g/mol. The van der Waals surface area contributed by atoms with E-state index in [9.17, 15) is 18.1 Å². The number of alkyl halides is 1. The van der Waals surface area contributed by atoms with E-state index in [2.05, 4.69) is 0 Å². The molecule has 3 nitrogen and oxygen atoms in total. The molecule has 0 saturated carbocycles. The van der Waals surface area contributed by atoms with Gasteiger partial charge >= 0.3 is 11.8 Å². The van der Waals surface area contributed by atoms with Gasteiger partial charge in [0.1, 0.15) is 0 Å². The van der Waals surface area contributed by atoms with Crippen molar-refractivity contribution in [2.45, 2.75) is 12.2 Å². The summed E-state index contributed by atoms with van der Waals surface area (Å²) in [7, 11) is 0. The zero-order valence-corrected chi connectivity index (χ0v) is 7.08. The Hall–Kier alpha value is -0.430. The van der Waals surface area contributed by atoms with E-state index in [1.165, 1.54) is 0 Å². The highest BCUT2D eigenvalue weighted by atomic mass is 32.2. The molecule has 0 radical (unpaired) electrons. The lowest BCUT2D eigenvalue weighted by Gasteiger charge is -2.18. The largest absolute Gasteiger partial charge is 0.478 e. The molecule has 1 N–H and O–H groups in total. The highest BCUT2D eigenvalue weighted by Gasteiger charge is 2.47. The molecule has 0 aromatic rings. The Morgan fingerprint density at radius 2 is 2.17 bits per heavy atom. The van der Waals surface area contributed by atoms with Gasteiger partial charge in [0.2, 0.25) is 0 Å². The highest BCUT2D eigenvalue weighted by Crippen LogP contribution is 2.24. The molecule has 0 rings (SSSR count). The van der Waals surface area contributed by atoms with E-state index < -0.39 is 23.5 Å². The monoisotopic (exact) mass is 203 g/mol. The normalized spacial score (nSPS) is 16.1. The van der Waals surface area contributed by atoms with Crippen LogP contribution in [0.4, 0.5) is 13.4 Å². The summed E-state index contributed by atoms with van der Waals surface area (Å²) in [5.41, 5.74) is 0. The van der Waals surface area contributed by atoms with Crippen LogP contribution in [0.3, 0.4) is 0 Å². The first kappa shape index (κ1) is 11.6. The van der Waals surface area contributed by atoms with Crippen LogP contribution in [0.2, 0.25) is 0 Å². The molecule has 0 aromatic heterocycles. The molecule has 0 fully saturated rings. The Labute approximate surface area is 71.4 Å². The summed E-state index contributed by atoms with van der Waals surface area (Å²) < 4.78 is 36.2. The number of halogens is 3. The van der Waals surface area contributed by atoms with Gasteiger partial charge in [-0.2, -0.15) is 11.8 Å². The van der Waals surface area contributed by atoms with E-state index >= 15 is 0 Å². The Bertz CT molecular complexity index is 169. The van der Waals surface area contributed by atoms with Crippen molar-refractivity contribution in [3.05, 3.63) is 0 Å². The van der Waals surface area contributed by atoms with Crippen molar-refractivity contribution in [2.75, 3.05) is 12.0 Å². The summed E-state index contributed by atoms with van der Waals surface area (Å²) in [6.45, 7) is 0. The van der Waals surface area contributed by atoms with Crippen LogP contribution < -0.4 is 0 Å². The lowest BCUT2D eigenvalue weighted by Crippen LogP contribution is -2.43. The third-order valence-electron chi connectivity index (χ3n) is 1.23. The summed E-state index contributed by atoms with van der Waals surface area (Å²) >= 11 is 1.10. The van der Waals surface area contributed by atoms with Crippen molar-refractivity contribution >= 4 is 17.7 Å². The quantitative estimate of drug-likeness (QED) is 0.543. The number of carboxylic acids is 1. The van der Waals surface area contributed by atoms with Crippen LogP contribution in [0.15, 0.2) is 0 Å². The van der Waals surface area contributed by atoms with Crippen molar-refractivity contribution in [1.29, 1.82) is 0 Å². The van der Waals surface area contributed by atoms with Crippen LogP contribution in [0.1, 0.15) is 6.42 Å². The zero-order chi connectivity index (χ0) is 9.78. The molecule has 0 unspecified atom stereocenters. The molecule has 7 heteroatoms. The molecule has 0 amide bonds. The van der Waals surface area contributed by atoms with Crippen LogP contribution in [0.5, 0.6) is 0 Å². The average Bonchev–Trinajstić information content (AvgIpc) is 1.99. The molecule has 0 aliphatic heterocycles. The molecular weight excluding hydrogens is 195 g/mol. The van der Waals surface area contributed by atoms with Crippen molar-refractivity contribution < 1.29 is 23.3 Å². The van der Waals surface area contributed by atoms with Crippen molar-refractivity contribution in [1.82, 2.24) is 5.34 Å². The third kappa shape index (κ3) is 2.56. The summed E-state index contributed by atoms with van der Waals surface area (Å²) in [6.07, 6.45) is 0.833. The number of thioether (sulfide) groups is 1. The second-order valence-electron chi connectivity index (χ2n) is 2.04. The third-order valence-corrected chi connectivity index (χ3v) is 1.85. The van der Waals surface area contributed by atoms with E-state index in [1.807, 2.05) is 0 Å². The molecule has 0 bridgehead atoms. The SMILES string of the molecule is CSCC[C@@](F)(C(=O)O)N(F)F. The number of hydrogen-bond donors (Lipinski definition) is 1.